The van der Waals surface area contributed by atoms with Gasteiger partial charge in [0.15, 0.2) is 5.96 Å². The lowest BCUT2D eigenvalue weighted by molar-refractivity contribution is 0.0689. The monoisotopic (exact) mass is 465 g/mol. The predicted molar refractivity (Wildman–Crippen MR) is 113 cm³/mol. The average Bonchev–Trinajstić information content (AvgIpc) is 2.62. The Morgan fingerprint density at radius 1 is 0.920 bits per heavy atom. The number of hydrogen-bond acceptors (Lipinski definition) is 4. The Balaban J connectivity index is 0.00000576. The Morgan fingerprint density at radius 2 is 1.64 bits per heavy atom. The highest BCUT2D eigenvalue weighted by atomic mass is 127. The molecule has 1 aromatic carbocycles. The van der Waals surface area contributed by atoms with E-state index in [4.69, 9.17) is 14.2 Å². The van der Waals surface area contributed by atoms with Crippen molar-refractivity contribution >= 4 is 29.9 Å². The van der Waals surface area contributed by atoms with E-state index in [1.165, 1.54) is 0 Å². The van der Waals surface area contributed by atoms with Crippen molar-refractivity contribution in [2.45, 2.75) is 19.3 Å². The number of unbranched alkanes of at least 4 members (excludes halogenated alkanes) is 1. The number of ether oxygens (including phenoxy) is 3. The molecule has 0 heterocycles. The molecule has 2 N–H and O–H groups in total. The van der Waals surface area contributed by atoms with Gasteiger partial charge in [-0.25, -0.2) is 0 Å². The van der Waals surface area contributed by atoms with Gasteiger partial charge >= 0.3 is 0 Å². The second-order valence-electron chi connectivity index (χ2n) is 5.25. The van der Waals surface area contributed by atoms with Crippen LogP contribution in [0, 0.1) is 0 Å². The summed E-state index contributed by atoms with van der Waals surface area (Å²) < 4.78 is 16.0. The number of guanidine groups is 1. The largest absolute Gasteiger partial charge is 0.494 e. The number of para-hydroxylation sites is 1. The van der Waals surface area contributed by atoms with E-state index in [1.54, 1.807) is 14.2 Å². The molecule has 1 aromatic rings. The third-order valence-corrected chi connectivity index (χ3v) is 3.29. The topological polar surface area (TPSA) is 64.1 Å². The van der Waals surface area contributed by atoms with Crippen molar-refractivity contribution in [3.8, 4) is 5.75 Å². The third-order valence-electron chi connectivity index (χ3n) is 3.29. The van der Waals surface area contributed by atoms with Crippen LogP contribution in [0.4, 0.5) is 0 Å². The van der Waals surface area contributed by atoms with Crippen molar-refractivity contribution in [1.29, 1.82) is 0 Å². The molecule has 25 heavy (non-hydrogen) atoms. The SMILES string of the molecule is CN=C(NCCCCOCCOC)NCCCOc1ccccc1.I. The highest BCUT2D eigenvalue weighted by Crippen LogP contribution is 2.07. The molecule has 0 aliphatic carbocycles. The Labute approximate surface area is 168 Å². The first-order valence-electron chi connectivity index (χ1n) is 8.56. The quantitative estimate of drug-likeness (QED) is 0.203. The molecule has 0 unspecified atom stereocenters. The molecule has 144 valence electrons. The van der Waals surface area contributed by atoms with Gasteiger partial charge in [0.05, 0.1) is 19.8 Å². The van der Waals surface area contributed by atoms with Gasteiger partial charge in [0.1, 0.15) is 5.75 Å². The molecule has 0 bridgehead atoms. The summed E-state index contributed by atoms with van der Waals surface area (Å²) >= 11 is 0. The summed E-state index contributed by atoms with van der Waals surface area (Å²) in [4.78, 5) is 4.21. The van der Waals surface area contributed by atoms with E-state index >= 15 is 0 Å². The van der Waals surface area contributed by atoms with Gasteiger partial charge < -0.3 is 24.8 Å². The summed E-state index contributed by atoms with van der Waals surface area (Å²) in [6, 6.07) is 9.86. The van der Waals surface area contributed by atoms with Gasteiger partial charge in [-0.3, -0.25) is 4.99 Å². The zero-order valence-corrected chi connectivity index (χ0v) is 17.7. The first kappa shape index (κ1) is 23.9. The molecular weight excluding hydrogens is 433 g/mol. The summed E-state index contributed by atoms with van der Waals surface area (Å²) in [6.45, 7) is 4.49. The second kappa shape index (κ2) is 17.8. The van der Waals surface area contributed by atoms with Crippen LogP contribution in [0.25, 0.3) is 0 Å². The fourth-order valence-electron chi connectivity index (χ4n) is 1.99. The smallest absolute Gasteiger partial charge is 0.190 e. The summed E-state index contributed by atoms with van der Waals surface area (Å²) in [6.07, 6.45) is 2.99. The summed E-state index contributed by atoms with van der Waals surface area (Å²) in [5.41, 5.74) is 0. The Kier molecular flexibility index (Phi) is 17.0. The van der Waals surface area contributed by atoms with Crippen LogP contribution in [0.3, 0.4) is 0 Å². The van der Waals surface area contributed by atoms with Crippen LogP contribution in [0.5, 0.6) is 5.75 Å². The molecule has 1 rings (SSSR count). The maximum Gasteiger partial charge on any atom is 0.190 e. The van der Waals surface area contributed by atoms with Gasteiger partial charge in [-0.15, -0.1) is 24.0 Å². The number of halogens is 1. The summed E-state index contributed by atoms with van der Waals surface area (Å²) in [5.74, 6) is 1.74. The lowest BCUT2D eigenvalue weighted by atomic mass is 10.3. The molecule has 0 radical (unpaired) electrons. The van der Waals surface area contributed by atoms with E-state index in [0.29, 0.717) is 19.8 Å². The van der Waals surface area contributed by atoms with Crippen LogP contribution in [-0.4, -0.2) is 59.6 Å². The molecule has 0 atom stereocenters. The van der Waals surface area contributed by atoms with Crippen LogP contribution in [0.1, 0.15) is 19.3 Å². The highest BCUT2D eigenvalue weighted by Gasteiger charge is 1.97. The van der Waals surface area contributed by atoms with Gasteiger partial charge in [0.25, 0.3) is 0 Å². The number of benzene rings is 1. The fourth-order valence-corrected chi connectivity index (χ4v) is 1.99. The number of hydrogen-bond donors (Lipinski definition) is 2. The molecule has 0 aliphatic heterocycles. The van der Waals surface area contributed by atoms with Crippen molar-refractivity contribution in [2.24, 2.45) is 4.99 Å². The molecule has 0 amide bonds. The fraction of sp³-hybridized carbons (Fsp3) is 0.611. The Hall–Kier alpha value is -1.06. The lowest BCUT2D eigenvalue weighted by Crippen LogP contribution is -2.38. The van der Waals surface area contributed by atoms with Crippen molar-refractivity contribution in [2.75, 3.05) is 53.7 Å². The van der Waals surface area contributed by atoms with Gasteiger partial charge in [-0.2, -0.15) is 0 Å². The van der Waals surface area contributed by atoms with Gasteiger partial charge in [0.2, 0.25) is 0 Å². The number of aliphatic imine (C=N–C) groups is 1. The number of nitrogens with one attached hydrogen (secondary N) is 2. The van der Waals surface area contributed by atoms with E-state index in [9.17, 15) is 0 Å². The molecule has 7 heteroatoms. The molecule has 0 saturated carbocycles. The normalized spacial score (nSPS) is 10.9. The molecule has 6 nitrogen and oxygen atoms in total. The standard InChI is InChI=1S/C18H31N3O3.HI/c1-19-18(20-11-6-7-13-23-16-15-22-2)21-12-8-14-24-17-9-4-3-5-10-17;/h3-5,9-10H,6-8,11-16H2,1-2H3,(H2,19,20,21);1H. The molecule has 0 aromatic heterocycles. The number of methoxy groups -OCH3 is 1. The van der Waals surface area contributed by atoms with E-state index in [0.717, 1.165) is 50.7 Å². The van der Waals surface area contributed by atoms with Gasteiger partial charge in [-0.05, 0) is 31.4 Å². The van der Waals surface area contributed by atoms with E-state index in [-0.39, 0.29) is 24.0 Å². The van der Waals surface area contributed by atoms with Crippen molar-refractivity contribution < 1.29 is 14.2 Å². The molecule has 0 saturated heterocycles. The lowest BCUT2D eigenvalue weighted by Gasteiger charge is -2.12. The van der Waals surface area contributed by atoms with Crippen LogP contribution in [0.2, 0.25) is 0 Å². The van der Waals surface area contributed by atoms with Crippen molar-refractivity contribution in [1.82, 2.24) is 10.6 Å². The maximum absolute atomic E-state index is 5.65. The molecule has 0 aliphatic rings. The van der Waals surface area contributed by atoms with Crippen LogP contribution >= 0.6 is 24.0 Å². The van der Waals surface area contributed by atoms with E-state index < -0.39 is 0 Å². The third kappa shape index (κ3) is 13.9. The molecular formula is C18H32IN3O3. The second-order valence-corrected chi connectivity index (χ2v) is 5.25. The van der Waals surface area contributed by atoms with Crippen LogP contribution in [0.15, 0.2) is 35.3 Å². The Bertz CT molecular complexity index is 433. The minimum absolute atomic E-state index is 0. The number of nitrogens with zero attached hydrogens (tertiary/aromatic N) is 1. The average molecular weight is 465 g/mol. The van der Waals surface area contributed by atoms with E-state index in [1.807, 2.05) is 30.3 Å². The zero-order chi connectivity index (χ0) is 17.3. The molecule has 0 fully saturated rings. The van der Waals surface area contributed by atoms with Crippen molar-refractivity contribution in [3.05, 3.63) is 30.3 Å². The minimum atomic E-state index is 0. The highest BCUT2D eigenvalue weighted by molar-refractivity contribution is 14.0. The minimum Gasteiger partial charge on any atom is -0.494 e. The predicted octanol–water partition coefficient (Wildman–Crippen LogP) is 2.68. The van der Waals surface area contributed by atoms with Crippen LogP contribution in [-0.2, 0) is 9.47 Å². The number of rotatable bonds is 13. The molecule has 0 spiro atoms. The first-order chi connectivity index (χ1) is 11.9. The van der Waals surface area contributed by atoms with Gasteiger partial charge in [-0.1, -0.05) is 18.2 Å². The Morgan fingerprint density at radius 3 is 2.32 bits per heavy atom. The zero-order valence-electron chi connectivity index (χ0n) is 15.3. The first-order valence-corrected chi connectivity index (χ1v) is 8.56. The summed E-state index contributed by atoms with van der Waals surface area (Å²) in [7, 11) is 3.46. The van der Waals surface area contributed by atoms with Gasteiger partial charge in [0, 0.05) is 33.9 Å². The summed E-state index contributed by atoms with van der Waals surface area (Å²) in [5, 5.41) is 6.58. The maximum atomic E-state index is 5.65. The van der Waals surface area contributed by atoms with Crippen LogP contribution < -0.4 is 15.4 Å². The van der Waals surface area contributed by atoms with Crippen molar-refractivity contribution in [3.63, 3.8) is 0 Å². The van der Waals surface area contributed by atoms with E-state index in [2.05, 4.69) is 15.6 Å².